The fraction of sp³-hybridized carbons (Fsp3) is 0.0526. The van der Waals surface area contributed by atoms with E-state index in [2.05, 4.69) is 31.2 Å². The molecule has 0 atom stereocenters. The minimum absolute atomic E-state index is 0.0522. The number of carbonyl (C=O) groups is 1. The summed E-state index contributed by atoms with van der Waals surface area (Å²) in [6.07, 6.45) is 0. The Bertz CT molecular complexity index is 1060. The summed E-state index contributed by atoms with van der Waals surface area (Å²) in [5, 5.41) is 13.5. The van der Waals surface area contributed by atoms with Gasteiger partial charge < -0.3 is 0 Å². The normalized spacial score (nSPS) is 11.0. The van der Waals surface area contributed by atoms with E-state index >= 15 is 0 Å². The molecule has 0 aliphatic heterocycles. The average Bonchev–Trinajstić information content (AvgIpc) is 3.09. The number of hydrogen-bond donors (Lipinski definition) is 0. The van der Waals surface area contributed by atoms with Crippen LogP contribution in [0, 0.1) is 0 Å². The highest BCUT2D eigenvalue weighted by Crippen LogP contribution is 2.22. The Morgan fingerprint density at radius 2 is 1.73 bits per heavy atom. The summed E-state index contributed by atoms with van der Waals surface area (Å²) < 4.78 is 2.70. The summed E-state index contributed by atoms with van der Waals surface area (Å²) in [6, 6.07) is 21.0. The lowest BCUT2D eigenvalue weighted by Gasteiger charge is -2.03. The number of rotatable bonds is 5. The SMILES string of the molecule is O=C(CSc1nnc2ccc(-c3ccc(Br)cc3)nn12)c1ccccc1. The number of hydrogen-bond acceptors (Lipinski definition) is 5. The summed E-state index contributed by atoms with van der Waals surface area (Å²) >= 11 is 4.77. The molecule has 0 spiro atoms. The first-order valence-electron chi connectivity index (χ1n) is 7.90. The van der Waals surface area contributed by atoms with Crippen LogP contribution in [0.3, 0.4) is 0 Å². The second-order valence-electron chi connectivity index (χ2n) is 5.56. The third kappa shape index (κ3) is 3.54. The summed E-state index contributed by atoms with van der Waals surface area (Å²) in [4.78, 5) is 12.3. The fourth-order valence-electron chi connectivity index (χ4n) is 2.47. The Kier molecular flexibility index (Phi) is 4.81. The standard InChI is InChI=1S/C19H13BrN4OS/c20-15-8-6-13(7-9-15)16-10-11-18-21-22-19(24(18)23-16)26-12-17(25)14-4-2-1-3-5-14/h1-11H,12H2. The number of fused-ring (bicyclic) bond motifs is 1. The first-order valence-corrected chi connectivity index (χ1v) is 9.68. The lowest BCUT2D eigenvalue weighted by molar-refractivity contribution is 0.102. The Morgan fingerprint density at radius 3 is 2.50 bits per heavy atom. The van der Waals surface area contributed by atoms with Crippen molar-refractivity contribution in [2.45, 2.75) is 5.16 Å². The second-order valence-corrected chi connectivity index (χ2v) is 7.41. The molecule has 0 saturated heterocycles. The molecule has 0 saturated carbocycles. The van der Waals surface area contributed by atoms with E-state index in [0.717, 1.165) is 15.7 Å². The molecular formula is C19H13BrN4OS. The minimum Gasteiger partial charge on any atom is -0.293 e. The van der Waals surface area contributed by atoms with E-state index in [1.54, 1.807) is 4.52 Å². The maximum absolute atomic E-state index is 12.3. The molecule has 0 bridgehead atoms. The maximum atomic E-state index is 12.3. The van der Waals surface area contributed by atoms with Crippen LogP contribution in [0.4, 0.5) is 0 Å². The summed E-state index contributed by atoms with van der Waals surface area (Å²) in [7, 11) is 0. The van der Waals surface area contributed by atoms with E-state index in [4.69, 9.17) is 0 Å². The number of thioether (sulfide) groups is 1. The molecule has 128 valence electrons. The van der Waals surface area contributed by atoms with Gasteiger partial charge in [0.2, 0.25) is 5.16 Å². The van der Waals surface area contributed by atoms with Crippen molar-refractivity contribution in [2.24, 2.45) is 0 Å². The molecule has 0 aliphatic rings. The van der Waals surface area contributed by atoms with Gasteiger partial charge >= 0.3 is 0 Å². The van der Waals surface area contributed by atoms with E-state index in [9.17, 15) is 4.79 Å². The molecule has 5 nitrogen and oxygen atoms in total. The van der Waals surface area contributed by atoms with Gasteiger partial charge in [-0.2, -0.15) is 9.61 Å². The smallest absolute Gasteiger partial charge is 0.212 e. The van der Waals surface area contributed by atoms with E-state index in [1.807, 2.05) is 66.7 Å². The van der Waals surface area contributed by atoms with Gasteiger partial charge in [0.1, 0.15) is 0 Å². The molecule has 0 radical (unpaired) electrons. The number of aromatic nitrogens is 4. The summed E-state index contributed by atoms with van der Waals surface area (Å²) in [5.74, 6) is 0.339. The molecule has 2 heterocycles. The van der Waals surface area contributed by atoms with E-state index in [1.165, 1.54) is 11.8 Å². The van der Waals surface area contributed by atoms with Gasteiger partial charge in [-0.1, -0.05) is 70.2 Å². The maximum Gasteiger partial charge on any atom is 0.212 e. The monoisotopic (exact) mass is 424 g/mol. The Labute approximate surface area is 162 Å². The van der Waals surface area contributed by atoms with Gasteiger partial charge in [-0.3, -0.25) is 4.79 Å². The molecule has 26 heavy (non-hydrogen) atoms. The fourth-order valence-corrected chi connectivity index (χ4v) is 3.52. The lowest BCUT2D eigenvalue weighted by atomic mass is 10.1. The molecule has 4 rings (SSSR count). The van der Waals surface area contributed by atoms with Crippen molar-refractivity contribution in [1.82, 2.24) is 19.8 Å². The Balaban J connectivity index is 1.58. The predicted molar refractivity (Wildman–Crippen MR) is 105 cm³/mol. The van der Waals surface area contributed by atoms with Crippen LogP contribution in [0.15, 0.2) is 76.4 Å². The molecule has 0 fully saturated rings. The zero-order valence-corrected chi connectivity index (χ0v) is 15.9. The van der Waals surface area contributed by atoms with Crippen molar-refractivity contribution in [1.29, 1.82) is 0 Å². The first kappa shape index (κ1) is 16.9. The van der Waals surface area contributed by atoms with E-state index < -0.39 is 0 Å². The first-order chi connectivity index (χ1) is 12.7. The number of carbonyl (C=O) groups excluding carboxylic acids is 1. The summed E-state index contributed by atoms with van der Waals surface area (Å²) in [6.45, 7) is 0. The van der Waals surface area contributed by atoms with Crippen molar-refractivity contribution in [3.05, 3.63) is 76.8 Å². The molecule has 0 unspecified atom stereocenters. The second kappa shape index (κ2) is 7.39. The van der Waals surface area contributed by atoms with E-state index in [0.29, 0.717) is 16.4 Å². The van der Waals surface area contributed by atoms with Gasteiger partial charge in [-0.05, 0) is 24.3 Å². The van der Waals surface area contributed by atoms with Crippen LogP contribution in [-0.2, 0) is 0 Å². The van der Waals surface area contributed by atoms with Gasteiger partial charge in [-0.15, -0.1) is 10.2 Å². The highest BCUT2D eigenvalue weighted by molar-refractivity contribution is 9.10. The Morgan fingerprint density at radius 1 is 0.962 bits per heavy atom. The van der Waals surface area contributed by atoms with Crippen LogP contribution in [0.25, 0.3) is 16.9 Å². The van der Waals surface area contributed by atoms with Gasteiger partial charge in [0, 0.05) is 15.6 Å². The van der Waals surface area contributed by atoms with Gasteiger partial charge in [0.05, 0.1) is 11.4 Å². The molecule has 0 amide bonds. The molecule has 0 N–H and O–H groups in total. The number of Topliss-reactive ketones (excluding diaryl/α,β-unsaturated/α-hetero) is 1. The quantitative estimate of drug-likeness (QED) is 0.347. The molecule has 2 aromatic heterocycles. The number of ketones is 1. The van der Waals surface area contributed by atoms with Crippen LogP contribution < -0.4 is 0 Å². The number of benzene rings is 2. The highest BCUT2D eigenvalue weighted by Gasteiger charge is 2.12. The molecular weight excluding hydrogens is 412 g/mol. The van der Waals surface area contributed by atoms with Crippen molar-refractivity contribution >= 4 is 39.1 Å². The number of nitrogens with zero attached hydrogens (tertiary/aromatic N) is 4. The van der Waals surface area contributed by atoms with Crippen LogP contribution >= 0.6 is 27.7 Å². The highest BCUT2D eigenvalue weighted by atomic mass is 79.9. The average molecular weight is 425 g/mol. The van der Waals surface area contributed by atoms with Crippen molar-refractivity contribution in [3.63, 3.8) is 0 Å². The zero-order valence-electron chi connectivity index (χ0n) is 13.5. The van der Waals surface area contributed by atoms with Gasteiger partial charge in [0.25, 0.3) is 0 Å². The molecule has 2 aromatic carbocycles. The topological polar surface area (TPSA) is 60.2 Å². The van der Waals surface area contributed by atoms with Crippen molar-refractivity contribution in [2.75, 3.05) is 5.75 Å². The van der Waals surface area contributed by atoms with Crippen LogP contribution in [0.5, 0.6) is 0 Å². The zero-order chi connectivity index (χ0) is 17.9. The minimum atomic E-state index is 0.0522. The van der Waals surface area contributed by atoms with Crippen LogP contribution in [0.2, 0.25) is 0 Å². The predicted octanol–water partition coefficient (Wildman–Crippen LogP) is 4.53. The molecule has 7 heteroatoms. The van der Waals surface area contributed by atoms with Crippen LogP contribution in [0.1, 0.15) is 10.4 Å². The van der Waals surface area contributed by atoms with Crippen molar-refractivity contribution < 1.29 is 4.79 Å². The van der Waals surface area contributed by atoms with Gasteiger partial charge in [0.15, 0.2) is 11.4 Å². The molecule has 0 aliphatic carbocycles. The lowest BCUT2D eigenvalue weighted by Crippen LogP contribution is -2.03. The third-order valence-electron chi connectivity index (χ3n) is 3.80. The number of halogens is 1. The van der Waals surface area contributed by atoms with E-state index in [-0.39, 0.29) is 11.5 Å². The largest absolute Gasteiger partial charge is 0.293 e. The van der Waals surface area contributed by atoms with Crippen LogP contribution in [-0.4, -0.2) is 31.3 Å². The Hall–Kier alpha value is -2.51. The summed E-state index contributed by atoms with van der Waals surface area (Å²) in [5.41, 5.74) is 3.17. The molecule has 4 aromatic rings. The van der Waals surface area contributed by atoms with Crippen molar-refractivity contribution in [3.8, 4) is 11.3 Å². The third-order valence-corrected chi connectivity index (χ3v) is 5.25. The van der Waals surface area contributed by atoms with Gasteiger partial charge in [-0.25, -0.2) is 0 Å².